The van der Waals surface area contributed by atoms with Crippen LogP contribution in [0.4, 0.5) is 0 Å². The lowest BCUT2D eigenvalue weighted by atomic mass is 10.0. The van der Waals surface area contributed by atoms with Crippen LogP contribution in [0.5, 0.6) is 0 Å². The molecule has 0 saturated carbocycles. The highest BCUT2D eigenvalue weighted by Gasteiger charge is 2.09. The molecule has 0 saturated heterocycles. The molecule has 0 aliphatic carbocycles. The molecular formula is C20H20N2O2. The van der Waals surface area contributed by atoms with Crippen LogP contribution in [0.2, 0.25) is 0 Å². The second kappa shape index (κ2) is 6.71. The molecule has 2 aromatic carbocycles. The maximum Gasteiger partial charge on any atom is 0.337 e. The minimum absolute atomic E-state index is 0.353. The largest absolute Gasteiger partial charge is 0.465 e. The van der Waals surface area contributed by atoms with Gasteiger partial charge in [-0.15, -0.1) is 0 Å². The molecule has 0 bridgehead atoms. The van der Waals surface area contributed by atoms with Gasteiger partial charge in [0.05, 0.1) is 24.1 Å². The average Bonchev–Trinajstić information content (AvgIpc) is 3.11. The molecule has 4 heteroatoms. The van der Waals surface area contributed by atoms with E-state index >= 15 is 0 Å². The number of esters is 1. The molecule has 4 nitrogen and oxygen atoms in total. The molecular weight excluding hydrogens is 300 g/mol. The van der Waals surface area contributed by atoms with E-state index < -0.39 is 0 Å². The zero-order chi connectivity index (χ0) is 17.1. The number of hydrogen-bond acceptors (Lipinski definition) is 3. The van der Waals surface area contributed by atoms with E-state index in [4.69, 9.17) is 4.74 Å². The number of aromatic nitrogens is 2. The van der Waals surface area contributed by atoms with Crippen LogP contribution in [-0.4, -0.2) is 22.9 Å². The molecule has 3 aromatic rings. The Hall–Kier alpha value is -2.88. The summed E-state index contributed by atoms with van der Waals surface area (Å²) >= 11 is 0. The summed E-state index contributed by atoms with van der Waals surface area (Å²) in [6.07, 6.45) is 1.89. The van der Waals surface area contributed by atoms with Crippen molar-refractivity contribution in [2.24, 2.45) is 0 Å². The summed E-state index contributed by atoms with van der Waals surface area (Å²) in [6.45, 7) is 4.36. The lowest BCUT2D eigenvalue weighted by Crippen LogP contribution is -2.03. The summed E-state index contributed by atoms with van der Waals surface area (Å²) in [5.74, 6) is 0.158. The summed E-state index contributed by atoms with van der Waals surface area (Å²) < 4.78 is 6.53. The number of carbonyl (C=O) groups excluding carboxylic acids is 1. The predicted octanol–water partition coefficient (Wildman–Crippen LogP) is 4.45. The van der Waals surface area contributed by atoms with Crippen molar-refractivity contribution in [2.75, 3.05) is 7.11 Å². The molecule has 0 fully saturated rings. The van der Waals surface area contributed by atoms with E-state index in [9.17, 15) is 4.79 Å². The maximum atomic E-state index is 11.7. The van der Waals surface area contributed by atoms with Crippen LogP contribution in [-0.2, 0) is 4.74 Å². The Bertz CT molecular complexity index is 848. The van der Waals surface area contributed by atoms with Crippen LogP contribution in [0.25, 0.3) is 16.9 Å². The van der Waals surface area contributed by atoms with Crippen molar-refractivity contribution < 1.29 is 9.53 Å². The van der Waals surface area contributed by atoms with Crippen LogP contribution in [0.15, 0.2) is 60.8 Å². The fourth-order valence-electron chi connectivity index (χ4n) is 2.55. The normalized spacial score (nSPS) is 10.8. The van der Waals surface area contributed by atoms with E-state index in [0.29, 0.717) is 11.5 Å². The molecule has 0 unspecified atom stereocenters. The molecule has 0 aliphatic heterocycles. The van der Waals surface area contributed by atoms with Gasteiger partial charge >= 0.3 is 5.97 Å². The Morgan fingerprint density at radius 3 is 2.50 bits per heavy atom. The number of methoxy groups -OCH3 is 1. The first-order chi connectivity index (χ1) is 11.6. The van der Waals surface area contributed by atoms with Crippen LogP contribution in [0.1, 0.15) is 35.7 Å². The van der Waals surface area contributed by atoms with Gasteiger partial charge in [0.25, 0.3) is 0 Å². The molecule has 0 spiro atoms. The summed E-state index contributed by atoms with van der Waals surface area (Å²) in [5, 5.41) is 4.62. The van der Waals surface area contributed by atoms with Crippen molar-refractivity contribution >= 4 is 5.97 Å². The van der Waals surface area contributed by atoms with Crippen molar-refractivity contribution in [2.45, 2.75) is 19.8 Å². The topological polar surface area (TPSA) is 44.1 Å². The van der Waals surface area contributed by atoms with E-state index in [1.807, 2.05) is 24.4 Å². The molecule has 0 radical (unpaired) electrons. The third-order valence-electron chi connectivity index (χ3n) is 3.99. The average molecular weight is 320 g/mol. The van der Waals surface area contributed by atoms with Crippen LogP contribution >= 0.6 is 0 Å². The quantitative estimate of drug-likeness (QED) is 0.667. The first-order valence-corrected chi connectivity index (χ1v) is 7.93. The van der Waals surface area contributed by atoms with E-state index in [1.54, 1.807) is 16.8 Å². The molecule has 0 atom stereocenters. The third-order valence-corrected chi connectivity index (χ3v) is 3.99. The number of carbonyl (C=O) groups is 1. The SMILES string of the molecule is COC(=O)c1cccc(-n2ccc(-c3ccc(C(C)C)cc3)n2)c1. The van der Waals surface area contributed by atoms with Gasteiger partial charge in [-0.05, 0) is 35.7 Å². The minimum atomic E-state index is -0.353. The van der Waals surface area contributed by atoms with E-state index in [0.717, 1.165) is 16.9 Å². The van der Waals surface area contributed by atoms with Crippen LogP contribution in [0, 0.1) is 0 Å². The molecule has 0 N–H and O–H groups in total. The standard InChI is InChI=1S/C20H20N2O2/c1-14(2)15-7-9-16(10-8-15)19-11-12-22(21-19)18-6-4-5-17(13-18)20(23)24-3/h4-14H,1-3H3. The fourth-order valence-corrected chi connectivity index (χ4v) is 2.55. The summed E-state index contributed by atoms with van der Waals surface area (Å²) in [5.41, 5.74) is 4.61. The Morgan fingerprint density at radius 2 is 1.83 bits per heavy atom. The highest BCUT2D eigenvalue weighted by Crippen LogP contribution is 2.22. The second-order valence-electron chi connectivity index (χ2n) is 5.96. The van der Waals surface area contributed by atoms with Crippen molar-refractivity contribution in [3.8, 4) is 16.9 Å². The lowest BCUT2D eigenvalue weighted by Gasteiger charge is -2.06. The molecule has 0 amide bonds. The maximum absolute atomic E-state index is 11.7. The molecule has 1 aromatic heterocycles. The first-order valence-electron chi connectivity index (χ1n) is 7.93. The molecule has 1 heterocycles. The van der Waals surface area contributed by atoms with Gasteiger partial charge in [-0.2, -0.15) is 5.10 Å². The Labute approximate surface area is 141 Å². The highest BCUT2D eigenvalue weighted by molar-refractivity contribution is 5.89. The number of hydrogen-bond donors (Lipinski definition) is 0. The van der Waals surface area contributed by atoms with Gasteiger partial charge < -0.3 is 4.74 Å². The number of rotatable bonds is 4. The van der Waals surface area contributed by atoms with Crippen molar-refractivity contribution in [1.82, 2.24) is 9.78 Å². The van der Waals surface area contributed by atoms with Crippen LogP contribution < -0.4 is 0 Å². The summed E-state index contributed by atoms with van der Waals surface area (Å²) in [6, 6.07) is 17.6. The Balaban J connectivity index is 1.89. The van der Waals surface area contributed by atoms with Crippen LogP contribution in [0.3, 0.4) is 0 Å². The second-order valence-corrected chi connectivity index (χ2v) is 5.96. The van der Waals surface area contributed by atoms with Gasteiger partial charge in [-0.1, -0.05) is 44.2 Å². The minimum Gasteiger partial charge on any atom is -0.465 e. The monoisotopic (exact) mass is 320 g/mol. The van der Waals surface area contributed by atoms with Gasteiger partial charge in [0, 0.05) is 11.8 Å². The zero-order valence-corrected chi connectivity index (χ0v) is 14.1. The van der Waals surface area contributed by atoms with Crippen molar-refractivity contribution in [3.05, 3.63) is 71.9 Å². The van der Waals surface area contributed by atoms with Crippen molar-refractivity contribution in [3.63, 3.8) is 0 Å². The zero-order valence-electron chi connectivity index (χ0n) is 14.1. The smallest absolute Gasteiger partial charge is 0.337 e. The van der Waals surface area contributed by atoms with Gasteiger partial charge in [-0.25, -0.2) is 9.48 Å². The Kier molecular flexibility index (Phi) is 4.47. The van der Waals surface area contributed by atoms with Gasteiger partial charge in [-0.3, -0.25) is 0 Å². The summed E-state index contributed by atoms with van der Waals surface area (Å²) in [7, 11) is 1.38. The molecule has 24 heavy (non-hydrogen) atoms. The highest BCUT2D eigenvalue weighted by atomic mass is 16.5. The molecule has 122 valence electrons. The van der Waals surface area contributed by atoms with E-state index in [-0.39, 0.29) is 5.97 Å². The lowest BCUT2D eigenvalue weighted by molar-refractivity contribution is 0.0600. The number of benzene rings is 2. The molecule has 0 aliphatic rings. The first kappa shape index (κ1) is 16.0. The number of nitrogens with zero attached hydrogens (tertiary/aromatic N) is 2. The molecule has 3 rings (SSSR count). The predicted molar refractivity (Wildman–Crippen MR) is 94.4 cm³/mol. The van der Waals surface area contributed by atoms with Gasteiger partial charge in [0.1, 0.15) is 0 Å². The third kappa shape index (κ3) is 3.23. The number of ether oxygens (including phenoxy) is 1. The van der Waals surface area contributed by atoms with E-state index in [2.05, 4.69) is 43.2 Å². The van der Waals surface area contributed by atoms with E-state index in [1.165, 1.54) is 12.7 Å². The Morgan fingerprint density at radius 1 is 1.08 bits per heavy atom. The van der Waals surface area contributed by atoms with Gasteiger partial charge in [0.15, 0.2) is 0 Å². The fraction of sp³-hybridized carbons (Fsp3) is 0.200. The van der Waals surface area contributed by atoms with Gasteiger partial charge in [0.2, 0.25) is 0 Å². The van der Waals surface area contributed by atoms with Crippen molar-refractivity contribution in [1.29, 1.82) is 0 Å². The summed E-state index contributed by atoms with van der Waals surface area (Å²) in [4.78, 5) is 11.7.